The Kier molecular flexibility index (Phi) is 12.0. The van der Waals surface area contributed by atoms with Crippen LogP contribution in [0, 0.1) is 34.9 Å². The van der Waals surface area contributed by atoms with Crippen molar-refractivity contribution in [3.63, 3.8) is 0 Å². The number of carbonyl (C=O) groups excluding carboxylic acids is 5. The molecule has 0 unspecified atom stereocenters. The Balaban J connectivity index is 1.49. The highest BCUT2D eigenvalue weighted by atomic mass is 32.2. The van der Waals surface area contributed by atoms with Gasteiger partial charge in [-0.3, -0.25) is 23.9 Å². The van der Waals surface area contributed by atoms with Gasteiger partial charge in [0, 0.05) is 12.8 Å². The van der Waals surface area contributed by atoms with E-state index in [1.165, 1.54) is 12.1 Å². The summed E-state index contributed by atoms with van der Waals surface area (Å²) in [6.07, 6.45) is -2.54. The van der Waals surface area contributed by atoms with Crippen molar-refractivity contribution < 1.29 is 63.8 Å². The van der Waals surface area contributed by atoms with Crippen LogP contribution in [0.4, 0.5) is 22.0 Å². The van der Waals surface area contributed by atoms with E-state index in [-0.39, 0.29) is 43.7 Å². The molecule has 17 heteroatoms. The van der Waals surface area contributed by atoms with E-state index in [2.05, 4.69) is 0 Å². The molecule has 1 aromatic rings. The lowest BCUT2D eigenvalue weighted by atomic mass is 9.82. The fourth-order valence-corrected chi connectivity index (χ4v) is 9.08. The zero-order valence-electron chi connectivity index (χ0n) is 31.1. The SMILES string of the molecule is C[C@H]1CC/C=C\[C@@H]2C[C@@]2(C(=O)NS(=O)(=O)C2(CF)CC2)CC(=O)[C@@H]2C[C@@H](OC(=O)c3cccc(F)c3)CN2C(=O)[C@@H](CC(=O)OC(C)(C)C(F)(F)F)[C@H](C)C1. The van der Waals surface area contributed by atoms with Crippen LogP contribution in [0.5, 0.6) is 0 Å². The van der Waals surface area contributed by atoms with Gasteiger partial charge in [0.25, 0.3) is 0 Å². The summed E-state index contributed by atoms with van der Waals surface area (Å²) in [5, 5.41) is 0. The highest BCUT2D eigenvalue weighted by Gasteiger charge is 2.63. The standard InChI is InChI=1S/C38H47F5N2O9S/c1-22-8-5-6-10-25-18-37(25,34(50)44-55(51,52)36(21-39)12-13-36)19-30(46)29-16-27(53-33(49)24-9-7-11-26(40)15-24)20-45(29)32(48)28(23(2)14-22)17-31(47)54-35(3,4)38(41,42)43/h6-7,9-11,15,22-23,25,27-29H,5,8,12-14,16-21H2,1-4H3,(H,44,50)/b10-6-/t22-,23+,25+,27+,28-,29-,37+/m0/s1. The van der Waals surface area contributed by atoms with E-state index in [1.807, 2.05) is 17.7 Å². The average molecular weight is 803 g/mol. The third-order valence-electron chi connectivity index (χ3n) is 11.6. The van der Waals surface area contributed by atoms with Gasteiger partial charge >= 0.3 is 18.1 Å². The Morgan fingerprint density at radius 1 is 1.07 bits per heavy atom. The van der Waals surface area contributed by atoms with Gasteiger partial charge in [0.2, 0.25) is 27.4 Å². The minimum absolute atomic E-state index is 0.0231. The van der Waals surface area contributed by atoms with Crippen molar-refractivity contribution in [2.75, 3.05) is 13.2 Å². The Labute approximate surface area is 316 Å². The molecule has 2 saturated carbocycles. The third kappa shape index (κ3) is 9.07. The first-order valence-corrected chi connectivity index (χ1v) is 19.9. The lowest BCUT2D eigenvalue weighted by Gasteiger charge is -2.33. The van der Waals surface area contributed by atoms with Crippen LogP contribution < -0.4 is 4.72 Å². The van der Waals surface area contributed by atoms with Gasteiger partial charge in [0.15, 0.2) is 5.78 Å². The number of Topliss-reactive ketones (excluding diaryl/α,β-unsaturated/α-hetero) is 1. The van der Waals surface area contributed by atoms with Crippen LogP contribution in [0.3, 0.4) is 0 Å². The number of hydrogen-bond acceptors (Lipinski definition) is 9. The van der Waals surface area contributed by atoms with Crippen molar-refractivity contribution in [1.82, 2.24) is 9.62 Å². The molecule has 0 bridgehead atoms. The Morgan fingerprint density at radius 3 is 2.38 bits per heavy atom. The summed E-state index contributed by atoms with van der Waals surface area (Å²) in [5.74, 6) is -7.96. The van der Waals surface area contributed by atoms with E-state index >= 15 is 0 Å². The number of nitrogens with one attached hydrogen (secondary N) is 1. The number of sulfonamides is 1. The Morgan fingerprint density at radius 2 is 1.76 bits per heavy atom. The smallest absolute Gasteiger partial charge is 0.427 e. The van der Waals surface area contributed by atoms with E-state index in [9.17, 15) is 54.3 Å². The number of ether oxygens (including phenoxy) is 2. The number of nitrogens with zero attached hydrogens (tertiary/aromatic N) is 1. The predicted octanol–water partition coefficient (Wildman–Crippen LogP) is 5.77. The minimum atomic E-state index is -4.92. The molecule has 2 aliphatic carbocycles. The predicted molar refractivity (Wildman–Crippen MR) is 187 cm³/mol. The fraction of sp³-hybridized carbons (Fsp3) is 0.658. The van der Waals surface area contributed by atoms with Crippen LogP contribution >= 0.6 is 0 Å². The van der Waals surface area contributed by atoms with Gasteiger partial charge in [-0.05, 0) is 88.3 Å². The van der Waals surface area contributed by atoms with Crippen LogP contribution in [-0.4, -0.2) is 84.7 Å². The normalized spacial score (nSPS) is 30.5. The van der Waals surface area contributed by atoms with Crippen LogP contribution in [0.15, 0.2) is 36.4 Å². The second-order valence-corrected chi connectivity index (χ2v) is 18.3. The molecule has 304 valence electrons. The fourth-order valence-electron chi connectivity index (χ4n) is 7.64. The molecule has 2 amide bonds. The number of benzene rings is 1. The van der Waals surface area contributed by atoms with E-state index in [1.54, 1.807) is 13.0 Å². The lowest BCUT2D eigenvalue weighted by Crippen LogP contribution is -2.49. The number of ketones is 1. The summed E-state index contributed by atoms with van der Waals surface area (Å²) in [6, 6.07) is 3.27. The van der Waals surface area contributed by atoms with Crippen LogP contribution in [0.1, 0.15) is 95.8 Å². The molecule has 55 heavy (non-hydrogen) atoms. The van der Waals surface area contributed by atoms with Gasteiger partial charge < -0.3 is 14.4 Å². The number of halogens is 5. The topological polar surface area (TPSA) is 153 Å². The van der Waals surface area contributed by atoms with Gasteiger partial charge in [0.05, 0.1) is 35.9 Å². The second-order valence-electron chi connectivity index (χ2n) is 16.3. The maximum absolute atomic E-state index is 14.6. The number of hydrogen-bond donors (Lipinski definition) is 1. The number of allylic oxidation sites excluding steroid dienone is 2. The summed E-state index contributed by atoms with van der Waals surface area (Å²) < 4.78 is 106. The molecule has 1 N–H and O–H groups in total. The Hall–Kier alpha value is -3.89. The van der Waals surface area contributed by atoms with Crippen molar-refractivity contribution in [1.29, 1.82) is 0 Å². The van der Waals surface area contributed by atoms with Crippen molar-refractivity contribution >= 4 is 39.6 Å². The van der Waals surface area contributed by atoms with Crippen LogP contribution in [-0.2, 0) is 38.7 Å². The van der Waals surface area contributed by atoms with Crippen molar-refractivity contribution in [2.45, 2.75) is 114 Å². The number of fused-ring (bicyclic) bond motifs is 2. The summed E-state index contributed by atoms with van der Waals surface area (Å²) in [6.45, 7) is 3.35. The molecule has 11 nitrogen and oxygen atoms in total. The summed E-state index contributed by atoms with van der Waals surface area (Å²) >= 11 is 0. The molecular weight excluding hydrogens is 755 g/mol. The van der Waals surface area contributed by atoms with Gasteiger partial charge in [-0.2, -0.15) is 13.2 Å². The highest BCUT2D eigenvalue weighted by Crippen LogP contribution is 2.58. The third-order valence-corrected chi connectivity index (χ3v) is 13.7. The summed E-state index contributed by atoms with van der Waals surface area (Å²) in [4.78, 5) is 70.0. The van der Waals surface area contributed by atoms with E-state index < -0.39 is 117 Å². The van der Waals surface area contributed by atoms with E-state index in [0.29, 0.717) is 33.1 Å². The largest absolute Gasteiger partial charge is 0.457 e. The lowest BCUT2D eigenvalue weighted by molar-refractivity contribution is -0.257. The van der Waals surface area contributed by atoms with E-state index in [0.717, 1.165) is 17.0 Å². The molecule has 4 aliphatic rings. The molecule has 1 aromatic carbocycles. The number of rotatable bonds is 9. The van der Waals surface area contributed by atoms with Crippen molar-refractivity contribution in [2.24, 2.45) is 29.1 Å². The maximum atomic E-state index is 14.6. The second kappa shape index (κ2) is 15.6. The minimum Gasteiger partial charge on any atom is -0.457 e. The number of esters is 2. The molecular formula is C38H47F5N2O9S. The first kappa shape index (κ1) is 42.3. The molecule has 5 rings (SSSR count). The first-order chi connectivity index (χ1) is 25.5. The molecule has 3 fully saturated rings. The van der Waals surface area contributed by atoms with Gasteiger partial charge in [-0.1, -0.05) is 32.1 Å². The summed E-state index contributed by atoms with van der Waals surface area (Å²) in [7, 11) is -4.45. The van der Waals surface area contributed by atoms with Crippen LogP contribution in [0.25, 0.3) is 0 Å². The molecule has 0 spiro atoms. The van der Waals surface area contributed by atoms with E-state index in [4.69, 9.17) is 9.47 Å². The molecule has 0 radical (unpaired) electrons. The van der Waals surface area contributed by atoms with Gasteiger partial charge in [-0.15, -0.1) is 0 Å². The first-order valence-electron chi connectivity index (χ1n) is 18.4. The number of carbonyl (C=O) groups is 5. The summed E-state index contributed by atoms with van der Waals surface area (Å²) in [5.41, 5.74) is -4.59. The maximum Gasteiger partial charge on any atom is 0.427 e. The average Bonchev–Trinajstić information content (AvgIpc) is 3.99. The molecule has 7 atom stereocenters. The highest BCUT2D eigenvalue weighted by molar-refractivity contribution is 7.91. The number of amides is 2. The molecule has 2 heterocycles. The molecule has 0 aromatic heterocycles. The van der Waals surface area contributed by atoms with Crippen molar-refractivity contribution in [3.8, 4) is 0 Å². The molecule has 1 saturated heterocycles. The van der Waals surface area contributed by atoms with Crippen molar-refractivity contribution in [3.05, 3.63) is 47.8 Å². The van der Waals surface area contributed by atoms with Gasteiger partial charge in [-0.25, -0.2) is 22.0 Å². The van der Waals surface area contributed by atoms with Gasteiger partial charge in [0.1, 0.15) is 23.3 Å². The Bertz CT molecular complexity index is 1830. The zero-order valence-corrected chi connectivity index (χ0v) is 31.9. The quantitative estimate of drug-likeness (QED) is 0.186. The monoisotopic (exact) mass is 802 g/mol. The molecule has 2 aliphatic heterocycles. The zero-order chi connectivity index (χ0) is 40.7. The number of alkyl halides is 4. The van der Waals surface area contributed by atoms with Crippen LogP contribution in [0.2, 0.25) is 0 Å².